The van der Waals surface area contributed by atoms with Gasteiger partial charge in [-0.25, -0.2) is 4.79 Å². The highest BCUT2D eigenvalue weighted by Crippen LogP contribution is 2.20. The van der Waals surface area contributed by atoms with E-state index in [4.69, 9.17) is 9.15 Å². The molecule has 0 aliphatic carbocycles. The first-order valence-corrected chi connectivity index (χ1v) is 7.04. The van der Waals surface area contributed by atoms with Gasteiger partial charge in [-0.3, -0.25) is 4.21 Å². The Balaban J connectivity index is 2.34. The van der Waals surface area contributed by atoms with Gasteiger partial charge in [-0.2, -0.15) is 0 Å². The van der Waals surface area contributed by atoms with Gasteiger partial charge in [0, 0.05) is 11.0 Å². The standard InChI is InChI=1S/C14H14O4S/c1-10-8-13(17-2)12(14(15)18-10)9-19(16)11-6-4-3-5-7-11/h3-8H,9H2,1-2H3. The number of hydrogen-bond donors (Lipinski definition) is 0. The lowest BCUT2D eigenvalue weighted by molar-refractivity contribution is 0.390. The molecule has 2 rings (SSSR count). The molecule has 1 aromatic carbocycles. The van der Waals surface area contributed by atoms with Crippen molar-refractivity contribution >= 4 is 10.8 Å². The third-order valence-corrected chi connectivity index (χ3v) is 3.98. The van der Waals surface area contributed by atoms with Crippen molar-refractivity contribution in [1.29, 1.82) is 0 Å². The van der Waals surface area contributed by atoms with Crippen LogP contribution in [0.1, 0.15) is 11.3 Å². The zero-order valence-electron chi connectivity index (χ0n) is 10.7. The number of hydrogen-bond acceptors (Lipinski definition) is 4. The van der Waals surface area contributed by atoms with Crippen molar-refractivity contribution < 1.29 is 13.4 Å². The van der Waals surface area contributed by atoms with Crippen LogP contribution < -0.4 is 10.4 Å². The van der Waals surface area contributed by atoms with Gasteiger partial charge in [0.1, 0.15) is 11.5 Å². The van der Waals surface area contributed by atoms with Crippen LogP contribution in [-0.2, 0) is 16.6 Å². The van der Waals surface area contributed by atoms with E-state index in [0.29, 0.717) is 22.0 Å². The molecule has 0 saturated heterocycles. The Bertz CT molecular complexity index is 646. The maximum atomic E-state index is 12.2. The summed E-state index contributed by atoms with van der Waals surface area (Å²) in [5.74, 6) is 0.963. The summed E-state index contributed by atoms with van der Waals surface area (Å²) >= 11 is 0. The summed E-state index contributed by atoms with van der Waals surface area (Å²) in [5, 5.41) is 0. The van der Waals surface area contributed by atoms with Gasteiger partial charge in [-0.05, 0) is 19.1 Å². The Kier molecular flexibility index (Phi) is 4.16. The fourth-order valence-corrected chi connectivity index (χ4v) is 2.86. The highest BCUT2D eigenvalue weighted by atomic mass is 32.2. The molecule has 0 radical (unpaired) electrons. The Labute approximate surface area is 113 Å². The largest absolute Gasteiger partial charge is 0.496 e. The first-order valence-electron chi connectivity index (χ1n) is 5.73. The number of ether oxygens (including phenoxy) is 1. The normalized spacial score (nSPS) is 12.1. The molecule has 100 valence electrons. The van der Waals surface area contributed by atoms with E-state index < -0.39 is 16.4 Å². The molecule has 2 aromatic rings. The van der Waals surface area contributed by atoms with Crippen LogP contribution in [0.25, 0.3) is 0 Å². The first kappa shape index (κ1) is 13.5. The summed E-state index contributed by atoms with van der Waals surface area (Å²) in [6, 6.07) is 10.6. The van der Waals surface area contributed by atoms with Crippen LogP contribution in [0.3, 0.4) is 0 Å². The van der Waals surface area contributed by atoms with E-state index in [2.05, 4.69) is 0 Å². The van der Waals surface area contributed by atoms with Crippen LogP contribution in [-0.4, -0.2) is 11.3 Å². The monoisotopic (exact) mass is 278 g/mol. The molecular formula is C14H14O4S. The second-order valence-corrected chi connectivity index (χ2v) is 5.45. The van der Waals surface area contributed by atoms with Gasteiger partial charge in [0.2, 0.25) is 0 Å². The minimum absolute atomic E-state index is 0.0792. The number of aryl methyl sites for hydroxylation is 1. The van der Waals surface area contributed by atoms with Crippen LogP contribution in [0.5, 0.6) is 5.75 Å². The van der Waals surface area contributed by atoms with E-state index in [-0.39, 0.29) is 5.75 Å². The predicted octanol–water partition coefficient (Wildman–Crippen LogP) is 2.26. The maximum Gasteiger partial charge on any atom is 0.343 e. The van der Waals surface area contributed by atoms with Crippen LogP contribution in [0.15, 0.2) is 50.5 Å². The summed E-state index contributed by atoms with van der Waals surface area (Å²) in [4.78, 5) is 12.5. The highest BCUT2D eigenvalue weighted by Gasteiger charge is 2.15. The molecule has 1 unspecified atom stereocenters. The lowest BCUT2D eigenvalue weighted by Crippen LogP contribution is -2.12. The van der Waals surface area contributed by atoms with Crippen molar-refractivity contribution in [3.8, 4) is 5.75 Å². The SMILES string of the molecule is COc1cc(C)oc(=O)c1CS(=O)c1ccccc1. The van der Waals surface area contributed by atoms with E-state index in [0.717, 1.165) is 0 Å². The van der Waals surface area contributed by atoms with Gasteiger partial charge in [-0.1, -0.05) is 18.2 Å². The van der Waals surface area contributed by atoms with E-state index in [1.165, 1.54) is 7.11 Å². The third-order valence-electron chi connectivity index (χ3n) is 2.63. The van der Waals surface area contributed by atoms with Crippen LogP contribution >= 0.6 is 0 Å². The smallest absolute Gasteiger partial charge is 0.343 e. The predicted molar refractivity (Wildman–Crippen MR) is 72.8 cm³/mol. The van der Waals surface area contributed by atoms with Gasteiger partial charge in [-0.15, -0.1) is 0 Å². The molecule has 0 fully saturated rings. The fraction of sp³-hybridized carbons (Fsp3) is 0.214. The van der Waals surface area contributed by atoms with Crippen LogP contribution in [0, 0.1) is 6.92 Å². The summed E-state index contributed by atoms with van der Waals surface area (Å²) in [6.07, 6.45) is 0. The second-order valence-electron chi connectivity index (χ2n) is 3.99. The Hall–Kier alpha value is -1.88. The zero-order chi connectivity index (χ0) is 13.8. The highest BCUT2D eigenvalue weighted by molar-refractivity contribution is 7.84. The quantitative estimate of drug-likeness (QED) is 0.861. The Morgan fingerprint density at radius 3 is 2.58 bits per heavy atom. The lowest BCUT2D eigenvalue weighted by Gasteiger charge is -2.07. The van der Waals surface area contributed by atoms with E-state index in [1.54, 1.807) is 25.1 Å². The summed E-state index contributed by atoms with van der Waals surface area (Å²) in [7, 11) is 0.172. The molecule has 0 saturated carbocycles. The van der Waals surface area contributed by atoms with E-state index in [9.17, 15) is 9.00 Å². The maximum absolute atomic E-state index is 12.2. The summed E-state index contributed by atoms with van der Waals surface area (Å²) < 4.78 is 22.4. The van der Waals surface area contributed by atoms with Gasteiger partial charge < -0.3 is 9.15 Å². The molecule has 5 heteroatoms. The van der Waals surface area contributed by atoms with E-state index in [1.807, 2.05) is 18.2 Å². The molecule has 0 aliphatic rings. The van der Waals surface area contributed by atoms with Crippen molar-refractivity contribution in [2.24, 2.45) is 0 Å². The first-order chi connectivity index (χ1) is 9.11. The van der Waals surface area contributed by atoms with Crippen molar-refractivity contribution in [2.45, 2.75) is 17.6 Å². The third kappa shape index (κ3) is 3.12. The van der Waals surface area contributed by atoms with Crippen molar-refractivity contribution in [2.75, 3.05) is 7.11 Å². The molecule has 0 amide bonds. The molecule has 0 aliphatic heterocycles. The molecule has 0 bridgehead atoms. The Morgan fingerprint density at radius 1 is 1.26 bits per heavy atom. The number of methoxy groups -OCH3 is 1. The Morgan fingerprint density at radius 2 is 1.95 bits per heavy atom. The fourth-order valence-electron chi connectivity index (χ4n) is 1.71. The topological polar surface area (TPSA) is 56.5 Å². The minimum atomic E-state index is -1.30. The average molecular weight is 278 g/mol. The van der Waals surface area contributed by atoms with Gasteiger partial charge in [0.25, 0.3) is 0 Å². The zero-order valence-corrected chi connectivity index (χ0v) is 11.5. The molecule has 0 spiro atoms. The summed E-state index contributed by atoms with van der Waals surface area (Å²) in [6.45, 7) is 1.67. The average Bonchev–Trinajstić information content (AvgIpc) is 2.42. The minimum Gasteiger partial charge on any atom is -0.496 e. The van der Waals surface area contributed by atoms with Crippen molar-refractivity contribution in [3.63, 3.8) is 0 Å². The molecule has 1 atom stereocenters. The van der Waals surface area contributed by atoms with Crippen molar-refractivity contribution in [3.05, 3.63) is 58.1 Å². The van der Waals surface area contributed by atoms with E-state index >= 15 is 0 Å². The van der Waals surface area contributed by atoms with Crippen LogP contribution in [0.4, 0.5) is 0 Å². The van der Waals surface area contributed by atoms with Gasteiger partial charge >= 0.3 is 5.63 Å². The van der Waals surface area contributed by atoms with Crippen LogP contribution in [0.2, 0.25) is 0 Å². The second kappa shape index (κ2) is 5.84. The molecule has 4 nitrogen and oxygen atoms in total. The lowest BCUT2D eigenvalue weighted by atomic mass is 10.3. The molecular weight excluding hydrogens is 264 g/mol. The number of benzene rings is 1. The molecule has 0 N–H and O–H groups in total. The van der Waals surface area contributed by atoms with Gasteiger partial charge in [0.15, 0.2) is 0 Å². The molecule has 19 heavy (non-hydrogen) atoms. The number of rotatable bonds is 4. The molecule has 1 aromatic heterocycles. The van der Waals surface area contributed by atoms with Crippen molar-refractivity contribution in [1.82, 2.24) is 0 Å². The molecule has 1 heterocycles. The summed E-state index contributed by atoms with van der Waals surface area (Å²) in [5.41, 5.74) is -0.198. The van der Waals surface area contributed by atoms with Gasteiger partial charge in [0.05, 0.1) is 29.2 Å².